The minimum atomic E-state index is -4.93. The van der Waals surface area contributed by atoms with Crippen LogP contribution in [-0.2, 0) is 22.3 Å². The Bertz CT molecular complexity index is 1740. The minimum absolute atomic E-state index is 0.000322. The first-order valence-corrected chi connectivity index (χ1v) is 13.7. The molecule has 1 amide bonds. The number of carbonyl (C=O) groups excluding carboxylic acids is 2. The maximum Gasteiger partial charge on any atom is 0.417 e. The van der Waals surface area contributed by atoms with Crippen molar-refractivity contribution < 1.29 is 31.5 Å². The number of nitrogens with zero attached hydrogens (tertiary/aromatic N) is 4. The smallest absolute Gasteiger partial charge is 0.352 e. The van der Waals surface area contributed by atoms with Gasteiger partial charge >= 0.3 is 11.9 Å². The maximum absolute atomic E-state index is 14.9. The lowest BCUT2D eigenvalue weighted by molar-refractivity contribution is -0.138. The molecule has 2 saturated heterocycles. The molecule has 3 aliphatic heterocycles. The van der Waals surface area contributed by atoms with Gasteiger partial charge in [-0.1, -0.05) is 5.92 Å². The lowest BCUT2D eigenvalue weighted by Crippen LogP contribution is -2.64. The van der Waals surface area contributed by atoms with Crippen molar-refractivity contribution in [2.45, 2.75) is 49.5 Å². The number of aryl methyl sites for hydroxylation is 1. The van der Waals surface area contributed by atoms with Gasteiger partial charge in [0.25, 0.3) is 5.91 Å². The van der Waals surface area contributed by atoms with E-state index in [-0.39, 0.29) is 65.6 Å². The molecule has 2 unspecified atom stereocenters. The minimum Gasteiger partial charge on any atom is -0.352 e. The second-order valence-electron chi connectivity index (χ2n) is 10.1. The fourth-order valence-electron chi connectivity index (χ4n) is 6.07. The Kier molecular flexibility index (Phi) is 6.56. The van der Waals surface area contributed by atoms with Crippen LogP contribution in [0.4, 0.5) is 27.8 Å². The summed E-state index contributed by atoms with van der Waals surface area (Å²) in [5.74, 6) is 2.72. The fraction of sp³-hybridized carbons (Fsp3) is 0.357. The average Bonchev–Trinajstić information content (AvgIpc) is 2.89. The quantitative estimate of drug-likeness (QED) is 0.330. The zero-order valence-corrected chi connectivity index (χ0v) is 22.3. The second kappa shape index (κ2) is 9.87. The number of hydrogen-bond acceptors (Lipinski definition) is 6. The second-order valence-corrected chi connectivity index (χ2v) is 11.2. The van der Waals surface area contributed by atoms with Gasteiger partial charge in [-0.3, -0.25) is 14.2 Å². The van der Waals surface area contributed by atoms with E-state index in [0.717, 1.165) is 30.0 Å². The van der Waals surface area contributed by atoms with Crippen LogP contribution >= 0.6 is 11.8 Å². The van der Waals surface area contributed by atoms with Crippen LogP contribution < -0.4 is 10.6 Å². The summed E-state index contributed by atoms with van der Waals surface area (Å²) in [4.78, 5) is 45.8. The molecule has 2 aromatic carbocycles. The molecule has 3 aliphatic rings. The van der Waals surface area contributed by atoms with Crippen molar-refractivity contribution >= 4 is 40.2 Å². The third kappa shape index (κ3) is 4.54. The molecule has 2 atom stereocenters. The molecule has 2 bridgehead atoms. The topological polar surface area (TPSA) is 75.5 Å². The summed E-state index contributed by atoms with van der Waals surface area (Å²) in [5, 5.41) is 0.0444. The van der Waals surface area contributed by atoms with Crippen molar-refractivity contribution in [3.63, 3.8) is 0 Å². The monoisotopic (exact) mass is 588 g/mol. The molecule has 0 radical (unpaired) electrons. The number of amides is 1. The Morgan fingerprint density at radius 2 is 1.80 bits per heavy atom. The Morgan fingerprint density at radius 3 is 2.44 bits per heavy atom. The Balaban J connectivity index is 1.58. The number of rotatable bonds is 2. The van der Waals surface area contributed by atoms with E-state index in [9.17, 15) is 36.3 Å². The van der Waals surface area contributed by atoms with Gasteiger partial charge in [0, 0.05) is 65.7 Å². The number of aromatic nitrogens is 2. The summed E-state index contributed by atoms with van der Waals surface area (Å²) in [6, 6.07) is 2.04. The number of Topliss-reactive ketones (excluding diaryl/α,β-unsaturated/α-hetero) is 1. The molecule has 6 rings (SSSR count). The fourth-order valence-corrected chi connectivity index (χ4v) is 7.27. The number of piperazine rings is 1. The molecule has 0 spiro atoms. The molecule has 1 aromatic heterocycles. The van der Waals surface area contributed by atoms with E-state index >= 15 is 0 Å². The van der Waals surface area contributed by atoms with Crippen molar-refractivity contribution in [1.29, 1.82) is 0 Å². The van der Waals surface area contributed by atoms with Gasteiger partial charge in [-0.2, -0.15) is 18.2 Å². The van der Waals surface area contributed by atoms with Crippen molar-refractivity contribution in [2.75, 3.05) is 23.7 Å². The Hall–Kier alpha value is -3.92. The van der Waals surface area contributed by atoms with Crippen LogP contribution in [0.3, 0.4) is 0 Å². The van der Waals surface area contributed by atoms with Gasteiger partial charge in [0.1, 0.15) is 23.2 Å². The average molecular weight is 589 g/mol. The largest absolute Gasteiger partial charge is 0.417 e. The van der Waals surface area contributed by atoms with Crippen LogP contribution in [-0.4, -0.2) is 57.1 Å². The number of benzene rings is 2. The lowest BCUT2D eigenvalue weighted by atomic mass is 9.89. The molecule has 2 fully saturated rings. The number of halogens is 5. The van der Waals surface area contributed by atoms with E-state index in [4.69, 9.17) is 0 Å². The summed E-state index contributed by atoms with van der Waals surface area (Å²) in [6.45, 7) is 1.81. The van der Waals surface area contributed by atoms with E-state index in [2.05, 4.69) is 16.8 Å². The number of ketones is 1. The lowest BCUT2D eigenvalue weighted by Gasteiger charge is -2.49. The summed E-state index contributed by atoms with van der Waals surface area (Å²) < 4.78 is 73.7. The van der Waals surface area contributed by atoms with Gasteiger partial charge in [-0.25, -0.2) is 13.6 Å². The summed E-state index contributed by atoms with van der Waals surface area (Å²) in [7, 11) is 0. The maximum atomic E-state index is 14.9. The molecular formula is C28H21F5N4O3S. The van der Waals surface area contributed by atoms with Crippen molar-refractivity contribution in [3.8, 4) is 23.0 Å². The van der Waals surface area contributed by atoms with Crippen molar-refractivity contribution in [3.05, 3.63) is 51.9 Å². The predicted octanol–water partition coefficient (Wildman–Crippen LogP) is 4.24. The summed E-state index contributed by atoms with van der Waals surface area (Å²) in [5.41, 5.74) is -2.54. The van der Waals surface area contributed by atoms with E-state index in [1.165, 1.54) is 11.5 Å². The number of carbonyl (C=O) groups is 2. The highest BCUT2D eigenvalue weighted by Crippen LogP contribution is 2.49. The van der Waals surface area contributed by atoms with Gasteiger partial charge in [-0.05, 0) is 31.0 Å². The molecule has 0 aliphatic carbocycles. The summed E-state index contributed by atoms with van der Waals surface area (Å²) >= 11 is 1.06. The van der Waals surface area contributed by atoms with Gasteiger partial charge in [-0.15, -0.1) is 11.8 Å². The molecule has 3 aromatic rings. The SMILES string of the molecule is CC#CC(=O)N1C2CC(=O)CC1CN(c1nc(=O)n3c4c(c(-c5ccc(F)cc5F)c(C(F)(F)F)cc14)SCC3)C2. The van der Waals surface area contributed by atoms with Crippen LogP contribution in [0.2, 0.25) is 0 Å². The zero-order valence-electron chi connectivity index (χ0n) is 21.5. The van der Waals surface area contributed by atoms with Gasteiger partial charge in [0.05, 0.1) is 23.2 Å². The van der Waals surface area contributed by atoms with Gasteiger partial charge < -0.3 is 9.80 Å². The van der Waals surface area contributed by atoms with Crippen LogP contribution in [0.1, 0.15) is 25.3 Å². The standard InChI is InChI=1S/C28H21F5N4O3S/c1-2-3-22(39)37-15-9-17(38)10-16(37)13-35(12-15)26-19-11-20(28(31,32)33)23(18-5-4-14(29)8-21(18)30)25-24(19)36(6-7-41-25)27(40)34-26/h4-5,8,11,15-16H,6-7,9-10,12-13H2,1H3. The first-order chi connectivity index (χ1) is 19.5. The molecule has 0 N–H and O–H groups in total. The molecule has 7 nitrogen and oxygen atoms in total. The molecular weight excluding hydrogens is 567 g/mol. The number of piperidine rings is 1. The van der Waals surface area contributed by atoms with Crippen LogP contribution in [0.25, 0.3) is 22.0 Å². The van der Waals surface area contributed by atoms with Crippen molar-refractivity contribution in [2.24, 2.45) is 0 Å². The van der Waals surface area contributed by atoms with E-state index < -0.39 is 58.2 Å². The van der Waals surface area contributed by atoms with Crippen LogP contribution in [0.15, 0.2) is 34.0 Å². The molecule has 4 heterocycles. The highest BCUT2D eigenvalue weighted by atomic mass is 32.2. The number of thioether (sulfide) groups is 1. The summed E-state index contributed by atoms with van der Waals surface area (Å²) in [6.07, 6.45) is -4.84. The third-order valence-electron chi connectivity index (χ3n) is 7.61. The Morgan fingerprint density at radius 1 is 1.10 bits per heavy atom. The Labute approximate surface area is 234 Å². The van der Waals surface area contributed by atoms with Crippen molar-refractivity contribution in [1.82, 2.24) is 14.5 Å². The highest BCUT2D eigenvalue weighted by molar-refractivity contribution is 7.99. The van der Waals surface area contributed by atoms with Crippen LogP contribution in [0, 0.1) is 23.5 Å². The normalized spacial score (nSPS) is 20.2. The molecule has 0 saturated carbocycles. The van der Waals surface area contributed by atoms with Gasteiger partial charge in [0.15, 0.2) is 0 Å². The molecule has 212 valence electrons. The van der Waals surface area contributed by atoms with Crippen LogP contribution in [0.5, 0.6) is 0 Å². The number of hydrogen-bond donors (Lipinski definition) is 0. The van der Waals surface area contributed by atoms with E-state index in [0.29, 0.717) is 6.07 Å². The predicted molar refractivity (Wildman–Crippen MR) is 141 cm³/mol. The number of fused-ring (bicyclic) bond motifs is 2. The number of anilines is 1. The highest BCUT2D eigenvalue weighted by Gasteiger charge is 2.44. The molecule has 13 heteroatoms. The van der Waals surface area contributed by atoms with E-state index in [1.807, 2.05) is 0 Å². The first-order valence-electron chi connectivity index (χ1n) is 12.8. The zero-order chi connectivity index (χ0) is 29.2. The molecule has 41 heavy (non-hydrogen) atoms. The number of alkyl halides is 3. The van der Waals surface area contributed by atoms with E-state index in [1.54, 1.807) is 9.80 Å². The first kappa shape index (κ1) is 27.3. The van der Waals surface area contributed by atoms with Gasteiger partial charge in [0.2, 0.25) is 0 Å². The third-order valence-corrected chi connectivity index (χ3v) is 8.68.